The van der Waals surface area contributed by atoms with Gasteiger partial charge in [0.1, 0.15) is 5.54 Å². The molecule has 20 heavy (non-hydrogen) atoms. The average molecular weight is 316 g/mol. The van der Waals surface area contributed by atoms with Crippen molar-refractivity contribution >= 4 is 29.3 Å². The quantitative estimate of drug-likeness (QED) is 0.782. The van der Waals surface area contributed by atoms with Gasteiger partial charge in [-0.3, -0.25) is 4.79 Å². The standard InChI is InChI=1S/C15H22ClNO2S/c1-11(9-15(2,17-3)14(18)19-4)20-10-12-7-5-6-8-13(12)16/h5-8,11,17H,9-10H2,1-4H3. The van der Waals surface area contributed by atoms with Crippen molar-refractivity contribution < 1.29 is 9.53 Å². The van der Waals surface area contributed by atoms with E-state index in [9.17, 15) is 4.79 Å². The van der Waals surface area contributed by atoms with Crippen molar-refractivity contribution in [3.8, 4) is 0 Å². The Morgan fingerprint density at radius 2 is 2.15 bits per heavy atom. The summed E-state index contributed by atoms with van der Waals surface area (Å²) in [7, 11) is 3.20. The summed E-state index contributed by atoms with van der Waals surface area (Å²) in [6.07, 6.45) is 0.700. The number of benzene rings is 1. The van der Waals surface area contributed by atoms with Gasteiger partial charge in [0, 0.05) is 16.0 Å². The lowest BCUT2D eigenvalue weighted by Gasteiger charge is -2.28. The third-order valence-electron chi connectivity index (χ3n) is 3.36. The van der Waals surface area contributed by atoms with Crippen LogP contribution in [0.3, 0.4) is 0 Å². The van der Waals surface area contributed by atoms with E-state index in [4.69, 9.17) is 16.3 Å². The Bertz CT molecular complexity index is 455. The van der Waals surface area contributed by atoms with E-state index in [-0.39, 0.29) is 5.97 Å². The van der Waals surface area contributed by atoms with E-state index in [1.807, 2.05) is 31.2 Å². The molecule has 2 unspecified atom stereocenters. The molecule has 5 heteroatoms. The normalized spacial score (nSPS) is 15.4. The Morgan fingerprint density at radius 1 is 1.50 bits per heavy atom. The Labute approximate surface area is 130 Å². The van der Waals surface area contributed by atoms with Gasteiger partial charge in [0.2, 0.25) is 0 Å². The fourth-order valence-corrected chi connectivity index (χ4v) is 3.44. The smallest absolute Gasteiger partial charge is 0.325 e. The van der Waals surface area contributed by atoms with Gasteiger partial charge >= 0.3 is 5.97 Å². The summed E-state index contributed by atoms with van der Waals surface area (Å²) in [6, 6.07) is 7.84. The molecule has 0 spiro atoms. The summed E-state index contributed by atoms with van der Waals surface area (Å²) < 4.78 is 4.86. The lowest BCUT2D eigenvalue weighted by Crippen LogP contribution is -2.49. The predicted molar refractivity (Wildman–Crippen MR) is 86.3 cm³/mol. The number of rotatable bonds is 7. The van der Waals surface area contributed by atoms with E-state index in [2.05, 4.69) is 12.2 Å². The van der Waals surface area contributed by atoms with E-state index in [0.29, 0.717) is 11.7 Å². The highest BCUT2D eigenvalue weighted by atomic mass is 35.5. The number of likely N-dealkylation sites (N-methyl/N-ethyl adjacent to an activating group) is 1. The van der Waals surface area contributed by atoms with E-state index in [1.54, 1.807) is 18.8 Å². The number of nitrogens with one attached hydrogen (secondary N) is 1. The molecule has 1 aromatic rings. The maximum Gasteiger partial charge on any atom is 0.325 e. The molecule has 3 nitrogen and oxygen atoms in total. The molecule has 0 amide bonds. The lowest BCUT2D eigenvalue weighted by atomic mass is 9.96. The molecule has 2 atom stereocenters. The van der Waals surface area contributed by atoms with Crippen LogP contribution in [0.5, 0.6) is 0 Å². The number of halogens is 1. The first kappa shape index (κ1) is 17.3. The second-order valence-corrected chi connectivity index (χ2v) is 6.82. The van der Waals surface area contributed by atoms with Gasteiger partial charge in [-0.1, -0.05) is 36.7 Å². The van der Waals surface area contributed by atoms with Gasteiger partial charge in [-0.25, -0.2) is 0 Å². The summed E-state index contributed by atoms with van der Waals surface area (Å²) in [6.45, 7) is 3.98. The van der Waals surface area contributed by atoms with Gasteiger partial charge in [0.25, 0.3) is 0 Å². The highest BCUT2D eigenvalue weighted by Crippen LogP contribution is 2.28. The van der Waals surface area contributed by atoms with Crippen molar-refractivity contribution in [3.05, 3.63) is 34.9 Å². The summed E-state index contributed by atoms with van der Waals surface area (Å²) in [5, 5.41) is 4.15. The third-order valence-corrected chi connectivity index (χ3v) is 4.95. The first-order chi connectivity index (χ1) is 9.42. The molecule has 1 N–H and O–H groups in total. The summed E-state index contributed by atoms with van der Waals surface area (Å²) in [4.78, 5) is 11.8. The maximum absolute atomic E-state index is 11.8. The number of ether oxygens (including phenoxy) is 1. The zero-order valence-electron chi connectivity index (χ0n) is 12.4. The van der Waals surface area contributed by atoms with Crippen molar-refractivity contribution in [2.24, 2.45) is 0 Å². The molecule has 0 radical (unpaired) electrons. The second-order valence-electron chi connectivity index (χ2n) is 4.99. The molecule has 1 aromatic carbocycles. The van der Waals surface area contributed by atoms with E-state index < -0.39 is 5.54 Å². The van der Waals surface area contributed by atoms with E-state index in [1.165, 1.54) is 7.11 Å². The minimum absolute atomic E-state index is 0.231. The maximum atomic E-state index is 11.8. The molecule has 0 fully saturated rings. The predicted octanol–water partition coefficient (Wildman–Crippen LogP) is 3.50. The number of hydrogen-bond donors (Lipinski definition) is 1. The number of thioether (sulfide) groups is 1. The average Bonchev–Trinajstić information content (AvgIpc) is 2.45. The first-order valence-electron chi connectivity index (χ1n) is 6.55. The molecular weight excluding hydrogens is 294 g/mol. The molecule has 0 heterocycles. The Balaban J connectivity index is 2.57. The van der Waals surface area contributed by atoms with E-state index >= 15 is 0 Å². The van der Waals surface area contributed by atoms with Crippen LogP contribution in [0.4, 0.5) is 0 Å². The molecule has 0 saturated heterocycles. The van der Waals surface area contributed by atoms with Crippen LogP contribution < -0.4 is 5.32 Å². The van der Waals surface area contributed by atoms with Crippen LogP contribution in [0.2, 0.25) is 5.02 Å². The van der Waals surface area contributed by atoms with Gasteiger partial charge in [-0.15, -0.1) is 0 Å². The van der Waals surface area contributed by atoms with Crippen LogP contribution in [0.1, 0.15) is 25.8 Å². The molecule has 0 aliphatic rings. The molecule has 0 bridgehead atoms. The Morgan fingerprint density at radius 3 is 2.70 bits per heavy atom. The van der Waals surface area contributed by atoms with Crippen molar-refractivity contribution in [1.29, 1.82) is 0 Å². The van der Waals surface area contributed by atoms with Crippen LogP contribution >= 0.6 is 23.4 Å². The number of hydrogen-bond acceptors (Lipinski definition) is 4. The highest BCUT2D eigenvalue weighted by molar-refractivity contribution is 7.99. The van der Waals surface area contributed by atoms with Crippen LogP contribution in [0.15, 0.2) is 24.3 Å². The molecule has 0 aliphatic carbocycles. The van der Waals surface area contributed by atoms with Gasteiger partial charge in [0.15, 0.2) is 0 Å². The SMILES string of the molecule is CNC(C)(CC(C)SCc1ccccc1Cl)C(=O)OC. The van der Waals surface area contributed by atoms with Gasteiger partial charge in [-0.2, -0.15) is 11.8 Å². The Hall–Kier alpha value is -0.710. The van der Waals surface area contributed by atoms with Gasteiger partial charge in [0.05, 0.1) is 7.11 Å². The van der Waals surface area contributed by atoms with Crippen molar-refractivity contribution in [3.63, 3.8) is 0 Å². The molecule has 1 rings (SSSR count). The van der Waals surface area contributed by atoms with Crippen molar-refractivity contribution in [1.82, 2.24) is 5.32 Å². The van der Waals surface area contributed by atoms with Gasteiger partial charge < -0.3 is 10.1 Å². The zero-order chi connectivity index (χ0) is 15.2. The molecule has 112 valence electrons. The molecule has 0 aromatic heterocycles. The summed E-state index contributed by atoms with van der Waals surface area (Å²) in [5.74, 6) is 0.604. The number of carbonyl (C=O) groups is 1. The highest BCUT2D eigenvalue weighted by Gasteiger charge is 2.34. The number of methoxy groups -OCH3 is 1. The number of carbonyl (C=O) groups excluding carboxylic acids is 1. The largest absolute Gasteiger partial charge is 0.468 e. The summed E-state index contributed by atoms with van der Waals surface area (Å²) in [5.41, 5.74) is 0.469. The van der Waals surface area contributed by atoms with Gasteiger partial charge in [-0.05, 0) is 32.0 Å². The topological polar surface area (TPSA) is 38.3 Å². The summed E-state index contributed by atoms with van der Waals surface area (Å²) >= 11 is 7.92. The second kappa shape index (κ2) is 7.91. The van der Waals surface area contributed by atoms with Crippen LogP contribution in [0.25, 0.3) is 0 Å². The first-order valence-corrected chi connectivity index (χ1v) is 7.98. The van der Waals surface area contributed by atoms with Crippen LogP contribution in [-0.4, -0.2) is 30.9 Å². The molecule has 0 saturated carbocycles. The zero-order valence-corrected chi connectivity index (χ0v) is 14.0. The van der Waals surface area contributed by atoms with E-state index in [0.717, 1.165) is 16.3 Å². The fourth-order valence-electron chi connectivity index (χ4n) is 1.99. The molecular formula is C15H22ClNO2S. The Kier molecular flexibility index (Phi) is 6.86. The van der Waals surface area contributed by atoms with Crippen molar-refractivity contribution in [2.45, 2.75) is 36.8 Å². The lowest BCUT2D eigenvalue weighted by molar-refractivity contribution is -0.147. The van der Waals surface area contributed by atoms with Crippen LogP contribution in [0, 0.1) is 0 Å². The van der Waals surface area contributed by atoms with Crippen LogP contribution in [-0.2, 0) is 15.3 Å². The minimum Gasteiger partial charge on any atom is -0.468 e. The number of esters is 1. The third kappa shape index (κ3) is 4.69. The molecule has 0 aliphatic heterocycles. The van der Waals surface area contributed by atoms with Crippen molar-refractivity contribution in [2.75, 3.05) is 14.2 Å². The minimum atomic E-state index is -0.651. The fraction of sp³-hybridized carbons (Fsp3) is 0.533. The monoisotopic (exact) mass is 315 g/mol.